The van der Waals surface area contributed by atoms with E-state index < -0.39 is 6.35 Å². The number of rotatable bonds is 3. The summed E-state index contributed by atoms with van der Waals surface area (Å²) in [4.78, 5) is 26.6. The second-order valence-corrected chi connectivity index (χ2v) is 5.71. The molecular weight excluding hydrogens is 310 g/mol. The van der Waals surface area contributed by atoms with E-state index in [4.69, 9.17) is 9.47 Å². The van der Waals surface area contributed by atoms with Crippen molar-refractivity contribution in [2.45, 2.75) is 19.4 Å². The standard InChI is InChI=1S/C17H17N3O4/c21-13-7-9-20-14(15(13)24-11-12-5-2-1-3-6-12)16(22)19-8-4-10-23-17(19)18-20/h1-3,5-7,9,17-18H,4,8,10-11H2/t17-/m0/s1. The maximum absolute atomic E-state index is 12.8. The first kappa shape index (κ1) is 14.8. The number of benzene rings is 1. The Morgan fingerprint density at radius 1 is 1.21 bits per heavy atom. The van der Waals surface area contributed by atoms with Crippen LogP contribution in [0.3, 0.4) is 0 Å². The number of nitrogens with zero attached hydrogens (tertiary/aromatic N) is 2. The number of carbonyl (C=O) groups excluding carboxylic acids is 1. The number of carbonyl (C=O) groups is 1. The van der Waals surface area contributed by atoms with Crippen molar-refractivity contribution in [3.8, 4) is 5.75 Å². The first-order chi connectivity index (χ1) is 11.7. The lowest BCUT2D eigenvalue weighted by molar-refractivity contribution is -0.0734. The minimum absolute atomic E-state index is 0.0582. The fourth-order valence-electron chi connectivity index (χ4n) is 2.90. The van der Waals surface area contributed by atoms with Gasteiger partial charge in [0.15, 0.2) is 11.4 Å². The molecule has 1 atom stereocenters. The first-order valence-electron chi connectivity index (χ1n) is 7.85. The molecule has 1 N–H and O–H groups in total. The normalized spacial score (nSPS) is 19.2. The summed E-state index contributed by atoms with van der Waals surface area (Å²) >= 11 is 0. The van der Waals surface area contributed by atoms with Crippen LogP contribution in [0.4, 0.5) is 0 Å². The molecule has 2 aliphatic rings. The third kappa shape index (κ3) is 2.52. The number of nitrogens with one attached hydrogen (secondary N) is 1. The minimum Gasteiger partial charge on any atom is -0.482 e. The number of hydrogen-bond donors (Lipinski definition) is 1. The summed E-state index contributed by atoms with van der Waals surface area (Å²) in [6.45, 7) is 1.40. The number of aromatic nitrogens is 1. The van der Waals surface area contributed by atoms with Crippen LogP contribution in [-0.2, 0) is 11.3 Å². The lowest BCUT2D eigenvalue weighted by Crippen LogP contribution is -2.57. The molecule has 1 aromatic heterocycles. The highest BCUT2D eigenvalue weighted by molar-refractivity contribution is 5.96. The Bertz CT molecular complexity index is 818. The van der Waals surface area contributed by atoms with Crippen LogP contribution in [0.25, 0.3) is 0 Å². The summed E-state index contributed by atoms with van der Waals surface area (Å²) in [5, 5.41) is 0. The Kier molecular flexibility index (Phi) is 3.70. The van der Waals surface area contributed by atoms with Gasteiger partial charge in [-0.3, -0.25) is 24.6 Å². The second-order valence-electron chi connectivity index (χ2n) is 5.71. The molecule has 0 bridgehead atoms. The third-order valence-corrected chi connectivity index (χ3v) is 4.10. The topological polar surface area (TPSA) is 72.8 Å². The second kappa shape index (κ2) is 6.01. The fourth-order valence-corrected chi connectivity index (χ4v) is 2.90. The smallest absolute Gasteiger partial charge is 0.279 e. The molecule has 1 fully saturated rings. The molecule has 3 heterocycles. The number of hydrogen-bond acceptors (Lipinski definition) is 5. The van der Waals surface area contributed by atoms with Crippen molar-refractivity contribution in [1.29, 1.82) is 0 Å². The van der Waals surface area contributed by atoms with Gasteiger partial charge >= 0.3 is 0 Å². The molecule has 0 aliphatic carbocycles. The van der Waals surface area contributed by atoms with Crippen LogP contribution in [-0.4, -0.2) is 35.0 Å². The van der Waals surface area contributed by atoms with Gasteiger partial charge in [-0.1, -0.05) is 30.3 Å². The van der Waals surface area contributed by atoms with Gasteiger partial charge in [0, 0.05) is 18.8 Å². The Morgan fingerprint density at radius 2 is 2.04 bits per heavy atom. The molecule has 2 aromatic rings. The largest absolute Gasteiger partial charge is 0.482 e. The molecule has 2 aliphatic heterocycles. The van der Waals surface area contributed by atoms with E-state index >= 15 is 0 Å². The summed E-state index contributed by atoms with van der Waals surface area (Å²) in [6.07, 6.45) is 1.78. The summed E-state index contributed by atoms with van der Waals surface area (Å²) < 4.78 is 12.8. The average Bonchev–Trinajstić information content (AvgIpc) is 2.62. The van der Waals surface area contributed by atoms with Crippen molar-refractivity contribution in [1.82, 2.24) is 9.58 Å². The molecule has 1 saturated heterocycles. The number of amides is 1. The molecule has 4 rings (SSSR count). The molecule has 0 radical (unpaired) electrons. The molecule has 24 heavy (non-hydrogen) atoms. The van der Waals surface area contributed by atoms with E-state index in [1.165, 1.54) is 16.9 Å². The Labute approximate surface area is 138 Å². The average molecular weight is 327 g/mol. The van der Waals surface area contributed by atoms with Crippen molar-refractivity contribution in [2.75, 3.05) is 18.6 Å². The summed E-state index contributed by atoms with van der Waals surface area (Å²) in [7, 11) is 0. The van der Waals surface area contributed by atoms with E-state index in [0.29, 0.717) is 13.2 Å². The van der Waals surface area contributed by atoms with Gasteiger partial charge in [0.2, 0.25) is 11.8 Å². The van der Waals surface area contributed by atoms with Gasteiger partial charge in [-0.2, -0.15) is 0 Å². The molecule has 0 spiro atoms. The molecule has 0 unspecified atom stereocenters. The SMILES string of the molecule is O=C1c2c(OCc3ccccc3)c(=O)ccn2N[C@@H]2OCCCN12. The van der Waals surface area contributed by atoms with E-state index in [0.717, 1.165) is 12.0 Å². The highest BCUT2D eigenvalue weighted by Gasteiger charge is 2.37. The van der Waals surface area contributed by atoms with Gasteiger partial charge in [-0.05, 0) is 12.0 Å². The predicted octanol–water partition coefficient (Wildman–Crippen LogP) is 1.13. The lowest BCUT2D eigenvalue weighted by atomic mass is 10.2. The van der Waals surface area contributed by atoms with Crippen LogP contribution in [0.5, 0.6) is 5.75 Å². The quantitative estimate of drug-likeness (QED) is 0.915. The van der Waals surface area contributed by atoms with E-state index in [9.17, 15) is 9.59 Å². The third-order valence-electron chi connectivity index (χ3n) is 4.10. The van der Waals surface area contributed by atoms with Crippen molar-refractivity contribution in [3.05, 3.63) is 64.1 Å². The first-order valence-corrected chi connectivity index (χ1v) is 7.85. The van der Waals surface area contributed by atoms with Gasteiger partial charge < -0.3 is 9.47 Å². The molecule has 1 amide bonds. The van der Waals surface area contributed by atoms with Crippen LogP contribution in [0.1, 0.15) is 22.5 Å². The van der Waals surface area contributed by atoms with Gasteiger partial charge in [0.05, 0.1) is 6.61 Å². The minimum atomic E-state index is -0.511. The zero-order valence-electron chi connectivity index (χ0n) is 13.0. The molecule has 124 valence electrons. The van der Waals surface area contributed by atoms with E-state index in [1.54, 1.807) is 4.90 Å². The highest BCUT2D eigenvalue weighted by atomic mass is 16.5. The highest BCUT2D eigenvalue weighted by Crippen LogP contribution is 2.24. The lowest BCUT2D eigenvalue weighted by Gasteiger charge is -2.41. The Hall–Kier alpha value is -2.80. The Balaban J connectivity index is 1.68. The summed E-state index contributed by atoms with van der Waals surface area (Å²) in [5.74, 6) is -0.206. The van der Waals surface area contributed by atoms with Crippen molar-refractivity contribution in [2.24, 2.45) is 0 Å². The summed E-state index contributed by atoms with van der Waals surface area (Å²) in [5.41, 5.74) is 3.89. The van der Waals surface area contributed by atoms with Gasteiger partial charge in [0.25, 0.3) is 5.91 Å². The van der Waals surface area contributed by atoms with Gasteiger partial charge in [-0.15, -0.1) is 0 Å². The maximum Gasteiger partial charge on any atom is 0.279 e. The fraction of sp³-hybridized carbons (Fsp3) is 0.294. The summed E-state index contributed by atoms with van der Waals surface area (Å²) in [6, 6.07) is 10.9. The zero-order chi connectivity index (χ0) is 16.5. The van der Waals surface area contributed by atoms with E-state index in [-0.39, 0.29) is 29.4 Å². The molecular formula is C17H17N3O4. The van der Waals surface area contributed by atoms with Crippen LogP contribution >= 0.6 is 0 Å². The molecule has 1 aromatic carbocycles. The van der Waals surface area contributed by atoms with Crippen LogP contribution in [0.15, 0.2) is 47.4 Å². The number of ether oxygens (including phenoxy) is 2. The molecule has 0 saturated carbocycles. The Morgan fingerprint density at radius 3 is 2.88 bits per heavy atom. The molecule has 7 heteroatoms. The maximum atomic E-state index is 12.8. The van der Waals surface area contributed by atoms with Gasteiger partial charge in [-0.25, -0.2) is 0 Å². The number of pyridine rings is 1. The van der Waals surface area contributed by atoms with E-state index in [2.05, 4.69) is 5.43 Å². The monoisotopic (exact) mass is 327 g/mol. The van der Waals surface area contributed by atoms with Crippen LogP contribution in [0.2, 0.25) is 0 Å². The van der Waals surface area contributed by atoms with Gasteiger partial charge in [0.1, 0.15) is 6.61 Å². The van der Waals surface area contributed by atoms with E-state index in [1.807, 2.05) is 30.3 Å². The zero-order valence-corrected chi connectivity index (χ0v) is 13.0. The van der Waals surface area contributed by atoms with Crippen molar-refractivity contribution in [3.63, 3.8) is 0 Å². The number of fused-ring (bicyclic) bond motifs is 2. The predicted molar refractivity (Wildman–Crippen MR) is 86.2 cm³/mol. The van der Waals surface area contributed by atoms with Crippen LogP contribution < -0.4 is 15.6 Å². The van der Waals surface area contributed by atoms with Crippen molar-refractivity contribution >= 4 is 5.91 Å². The van der Waals surface area contributed by atoms with Crippen molar-refractivity contribution < 1.29 is 14.3 Å². The van der Waals surface area contributed by atoms with Crippen LogP contribution in [0, 0.1) is 0 Å². The molecule has 7 nitrogen and oxygen atoms in total.